The highest BCUT2D eigenvalue weighted by Gasteiger charge is 2.40. The minimum absolute atomic E-state index is 0.385. The number of aliphatic hydroxyl groups is 1. The van der Waals surface area contributed by atoms with E-state index in [1.165, 1.54) is 5.56 Å². The molecule has 0 heterocycles. The van der Waals surface area contributed by atoms with E-state index in [-0.39, 0.29) is 5.60 Å². The zero-order chi connectivity index (χ0) is 8.60. The van der Waals surface area contributed by atoms with E-state index in [1.807, 2.05) is 18.2 Å². The van der Waals surface area contributed by atoms with Crippen LogP contribution >= 0.6 is 15.9 Å². The Labute approximate surface area is 80.5 Å². The van der Waals surface area contributed by atoms with Gasteiger partial charge in [-0.25, -0.2) is 0 Å². The van der Waals surface area contributed by atoms with Gasteiger partial charge in [-0.1, -0.05) is 34.1 Å². The number of rotatable bonds is 2. The van der Waals surface area contributed by atoms with Crippen molar-refractivity contribution in [3.05, 3.63) is 34.3 Å². The van der Waals surface area contributed by atoms with Crippen LogP contribution in [0.4, 0.5) is 0 Å². The third-order valence-electron chi connectivity index (χ3n) is 2.30. The van der Waals surface area contributed by atoms with Crippen molar-refractivity contribution in [1.29, 1.82) is 0 Å². The molecule has 1 N–H and O–H groups in total. The van der Waals surface area contributed by atoms with Crippen LogP contribution in [0.1, 0.15) is 18.4 Å². The standard InChI is InChI=1S/C10H11BrO/c11-9-4-2-1-3-8(9)7-10(12)5-6-10/h1-4,12H,5-7H2. The lowest BCUT2D eigenvalue weighted by Gasteiger charge is -2.08. The molecule has 0 unspecified atom stereocenters. The maximum atomic E-state index is 9.69. The van der Waals surface area contributed by atoms with Crippen molar-refractivity contribution in [2.24, 2.45) is 0 Å². The second-order valence-corrected chi connectivity index (χ2v) is 4.35. The van der Waals surface area contributed by atoms with Crippen LogP contribution in [0.3, 0.4) is 0 Å². The normalized spacial score (nSPS) is 19.2. The SMILES string of the molecule is OC1(Cc2ccccc2Br)CC1. The quantitative estimate of drug-likeness (QED) is 0.822. The molecule has 0 spiro atoms. The van der Waals surface area contributed by atoms with E-state index in [0.717, 1.165) is 23.7 Å². The van der Waals surface area contributed by atoms with Gasteiger partial charge in [0.1, 0.15) is 0 Å². The molecule has 0 saturated heterocycles. The van der Waals surface area contributed by atoms with E-state index in [4.69, 9.17) is 0 Å². The molecule has 0 aliphatic heterocycles. The average Bonchev–Trinajstić information content (AvgIpc) is 2.74. The van der Waals surface area contributed by atoms with Crippen LogP contribution in [-0.4, -0.2) is 10.7 Å². The fraction of sp³-hybridized carbons (Fsp3) is 0.400. The van der Waals surface area contributed by atoms with Crippen molar-refractivity contribution >= 4 is 15.9 Å². The summed E-state index contributed by atoms with van der Waals surface area (Å²) in [6.07, 6.45) is 2.69. The Bertz CT molecular complexity index is 292. The van der Waals surface area contributed by atoms with Gasteiger partial charge in [-0.05, 0) is 24.5 Å². The summed E-state index contributed by atoms with van der Waals surface area (Å²) >= 11 is 3.47. The predicted molar refractivity (Wildman–Crippen MR) is 52.0 cm³/mol. The fourth-order valence-corrected chi connectivity index (χ4v) is 1.74. The number of halogens is 1. The van der Waals surface area contributed by atoms with Crippen LogP contribution in [0, 0.1) is 0 Å². The fourth-order valence-electron chi connectivity index (χ4n) is 1.32. The monoisotopic (exact) mass is 226 g/mol. The highest BCUT2D eigenvalue weighted by Crippen LogP contribution is 2.39. The van der Waals surface area contributed by atoms with E-state index < -0.39 is 0 Å². The molecule has 12 heavy (non-hydrogen) atoms. The molecular formula is C10H11BrO. The van der Waals surface area contributed by atoms with Gasteiger partial charge in [0.15, 0.2) is 0 Å². The van der Waals surface area contributed by atoms with Crippen molar-refractivity contribution in [2.45, 2.75) is 24.9 Å². The van der Waals surface area contributed by atoms with Crippen LogP contribution in [0.5, 0.6) is 0 Å². The molecular weight excluding hydrogens is 216 g/mol. The molecule has 1 saturated carbocycles. The Morgan fingerprint density at radius 2 is 2.00 bits per heavy atom. The van der Waals surface area contributed by atoms with Crippen LogP contribution in [0.2, 0.25) is 0 Å². The van der Waals surface area contributed by atoms with E-state index in [0.29, 0.717) is 0 Å². The Kier molecular flexibility index (Phi) is 1.97. The molecule has 1 aromatic rings. The first-order valence-electron chi connectivity index (χ1n) is 4.15. The minimum Gasteiger partial charge on any atom is -0.390 e. The van der Waals surface area contributed by atoms with Crippen molar-refractivity contribution in [2.75, 3.05) is 0 Å². The van der Waals surface area contributed by atoms with Gasteiger partial charge < -0.3 is 5.11 Å². The predicted octanol–water partition coefficient (Wildman–Crippen LogP) is 2.52. The van der Waals surface area contributed by atoms with Gasteiger partial charge in [-0.15, -0.1) is 0 Å². The molecule has 2 heteroatoms. The first-order chi connectivity index (χ1) is 5.70. The molecule has 2 rings (SSSR count). The average molecular weight is 227 g/mol. The third-order valence-corrected chi connectivity index (χ3v) is 3.08. The van der Waals surface area contributed by atoms with Crippen LogP contribution in [0.15, 0.2) is 28.7 Å². The summed E-state index contributed by atoms with van der Waals surface area (Å²) in [6.45, 7) is 0. The maximum Gasteiger partial charge on any atom is 0.0690 e. The van der Waals surface area contributed by atoms with Crippen molar-refractivity contribution in [3.63, 3.8) is 0 Å². The zero-order valence-corrected chi connectivity index (χ0v) is 8.34. The molecule has 1 fully saturated rings. The number of hydrogen-bond donors (Lipinski definition) is 1. The van der Waals surface area contributed by atoms with Gasteiger partial charge in [0.25, 0.3) is 0 Å². The number of benzene rings is 1. The summed E-state index contributed by atoms with van der Waals surface area (Å²) in [5, 5.41) is 9.69. The summed E-state index contributed by atoms with van der Waals surface area (Å²) in [4.78, 5) is 0. The summed E-state index contributed by atoms with van der Waals surface area (Å²) in [5.74, 6) is 0. The smallest absolute Gasteiger partial charge is 0.0690 e. The second kappa shape index (κ2) is 2.86. The van der Waals surface area contributed by atoms with Crippen molar-refractivity contribution in [1.82, 2.24) is 0 Å². The maximum absolute atomic E-state index is 9.69. The van der Waals surface area contributed by atoms with Gasteiger partial charge in [0.05, 0.1) is 5.60 Å². The Hall–Kier alpha value is -0.340. The molecule has 1 aliphatic carbocycles. The lowest BCUT2D eigenvalue weighted by Crippen LogP contribution is -2.10. The van der Waals surface area contributed by atoms with Gasteiger partial charge >= 0.3 is 0 Å². The molecule has 0 atom stereocenters. The van der Waals surface area contributed by atoms with Crippen LogP contribution < -0.4 is 0 Å². The van der Waals surface area contributed by atoms with E-state index >= 15 is 0 Å². The molecule has 1 nitrogen and oxygen atoms in total. The third kappa shape index (κ3) is 1.70. The molecule has 0 bridgehead atoms. The Balaban J connectivity index is 2.17. The summed E-state index contributed by atoms with van der Waals surface area (Å²) < 4.78 is 1.10. The molecule has 1 aliphatic rings. The molecule has 64 valence electrons. The topological polar surface area (TPSA) is 20.2 Å². The largest absolute Gasteiger partial charge is 0.390 e. The van der Waals surface area contributed by atoms with E-state index in [1.54, 1.807) is 0 Å². The Morgan fingerprint density at radius 3 is 2.58 bits per heavy atom. The molecule has 0 amide bonds. The molecule has 0 radical (unpaired) electrons. The van der Waals surface area contributed by atoms with Gasteiger partial charge in [-0.3, -0.25) is 0 Å². The van der Waals surface area contributed by atoms with Gasteiger partial charge in [0, 0.05) is 10.9 Å². The zero-order valence-electron chi connectivity index (χ0n) is 6.76. The minimum atomic E-state index is -0.385. The first kappa shape index (κ1) is 8.27. The molecule has 1 aromatic carbocycles. The Morgan fingerprint density at radius 1 is 1.33 bits per heavy atom. The number of hydrogen-bond acceptors (Lipinski definition) is 1. The second-order valence-electron chi connectivity index (χ2n) is 3.49. The van der Waals surface area contributed by atoms with Crippen molar-refractivity contribution < 1.29 is 5.11 Å². The first-order valence-corrected chi connectivity index (χ1v) is 4.95. The van der Waals surface area contributed by atoms with Crippen molar-refractivity contribution in [3.8, 4) is 0 Å². The van der Waals surface area contributed by atoms with Crippen LogP contribution in [0.25, 0.3) is 0 Å². The van der Waals surface area contributed by atoms with E-state index in [2.05, 4.69) is 22.0 Å². The summed E-state index contributed by atoms with van der Waals surface area (Å²) in [5.41, 5.74) is 0.821. The summed E-state index contributed by atoms with van der Waals surface area (Å²) in [6, 6.07) is 8.07. The molecule has 0 aromatic heterocycles. The van der Waals surface area contributed by atoms with Gasteiger partial charge in [-0.2, -0.15) is 0 Å². The highest BCUT2D eigenvalue weighted by atomic mass is 79.9. The lowest BCUT2D eigenvalue weighted by molar-refractivity contribution is 0.151. The van der Waals surface area contributed by atoms with Crippen LogP contribution in [-0.2, 0) is 6.42 Å². The highest BCUT2D eigenvalue weighted by molar-refractivity contribution is 9.10. The lowest BCUT2D eigenvalue weighted by atomic mass is 10.1. The van der Waals surface area contributed by atoms with Gasteiger partial charge in [0.2, 0.25) is 0 Å². The van der Waals surface area contributed by atoms with E-state index in [9.17, 15) is 5.11 Å². The summed E-state index contributed by atoms with van der Waals surface area (Å²) in [7, 11) is 0.